The summed E-state index contributed by atoms with van der Waals surface area (Å²) in [7, 11) is 3.98. The van der Waals surface area contributed by atoms with Crippen LogP contribution < -0.4 is 5.32 Å². The van der Waals surface area contributed by atoms with Gasteiger partial charge in [0.1, 0.15) is 0 Å². The van der Waals surface area contributed by atoms with Crippen molar-refractivity contribution in [1.29, 1.82) is 0 Å². The predicted octanol–water partition coefficient (Wildman–Crippen LogP) is 2.05. The normalized spacial score (nSPS) is 26.0. The molecule has 7 heteroatoms. The van der Waals surface area contributed by atoms with E-state index in [2.05, 4.69) is 51.6 Å². The predicted molar refractivity (Wildman–Crippen MR) is 107 cm³/mol. The number of hydrogen-bond donors (Lipinski definition) is 1. The van der Waals surface area contributed by atoms with Crippen LogP contribution in [0.4, 0.5) is 0 Å². The lowest BCUT2D eigenvalue weighted by Crippen LogP contribution is -2.48. The van der Waals surface area contributed by atoms with Crippen molar-refractivity contribution in [3.63, 3.8) is 0 Å². The molecule has 0 radical (unpaired) electrons. The summed E-state index contributed by atoms with van der Waals surface area (Å²) in [4.78, 5) is 10.7. The lowest BCUT2D eigenvalue weighted by atomic mass is 10.1. The zero-order valence-corrected chi connectivity index (χ0v) is 17.0. The molecule has 0 spiro atoms. The number of hydrogen-bond acceptors (Lipinski definition) is 5. The van der Waals surface area contributed by atoms with Crippen LogP contribution in [0.3, 0.4) is 0 Å². The first-order chi connectivity index (χ1) is 12.7. The van der Waals surface area contributed by atoms with E-state index in [4.69, 9.17) is 9.47 Å². The van der Waals surface area contributed by atoms with Gasteiger partial charge in [-0.3, -0.25) is 9.89 Å². The molecule has 146 valence electrons. The van der Waals surface area contributed by atoms with E-state index < -0.39 is 0 Å². The Morgan fingerprint density at radius 1 is 1.50 bits per heavy atom. The third kappa shape index (κ3) is 5.19. The van der Waals surface area contributed by atoms with Gasteiger partial charge in [0.2, 0.25) is 0 Å². The SMILES string of the molecule is CN=C(NCC(c1cccs1)N1CCOC(C)C1)N(C)CC1CCOC1. The van der Waals surface area contributed by atoms with Gasteiger partial charge < -0.3 is 19.7 Å². The minimum atomic E-state index is 0.288. The van der Waals surface area contributed by atoms with Crippen molar-refractivity contribution in [3.8, 4) is 0 Å². The van der Waals surface area contributed by atoms with Crippen LogP contribution in [-0.4, -0.2) is 82.0 Å². The standard InChI is InChI=1S/C19H32N4O2S/c1-15-12-23(7-9-25-15)17(18-5-4-10-26-18)11-21-19(20-2)22(3)13-16-6-8-24-14-16/h4-5,10,15-17H,6-9,11-14H2,1-3H3,(H,20,21). The second-order valence-electron chi connectivity index (χ2n) is 7.25. The fraction of sp³-hybridized carbons (Fsp3) is 0.737. The first-order valence-electron chi connectivity index (χ1n) is 9.56. The topological polar surface area (TPSA) is 49.3 Å². The Balaban J connectivity index is 1.60. The average Bonchev–Trinajstić information content (AvgIpc) is 3.32. The third-order valence-electron chi connectivity index (χ3n) is 5.17. The van der Waals surface area contributed by atoms with E-state index in [0.29, 0.717) is 12.0 Å². The van der Waals surface area contributed by atoms with E-state index in [1.165, 1.54) is 4.88 Å². The maximum absolute atomic E-state index is 5.73. The zero-order chi connectivity index (χ0) is 18.4. The van der Waals surface area contributed by atoms with Gasteiger partial charge >= 0.3 is 0 Å². The van der Waals surface area contributed by atoms with Gasteiger partial charge in [-0.25, -0.2) is 0 Å². The molecule has 1 aromatic heterocycles. The Morgan fingerprint density at radius 2 is 2.38 bits per heavy atom. The maximum atomic E-state index is 5.73. The second-order valence-corrected chi connectivity index (χ2v) is 8.23. The Morgan fingerprint density at radius 3 is 3.04 bits per heavy atom. The summed E-state index contributed by atoms with van der Waals surface area (Å²) in [6.07, 6.45) is 1.43. The molecule has 0 aromatic carbocycles. The van der Waals surface area contributed by atoms with E-state index in [0.717, 1.165) is 58.4 Å². The fourth-order valence-corrected chi connectivity index (χ4v) is 4.65. The van der Waals surface area contributed by atoms with Gasteiger partial charge in [-0.2, -0.15) is 0 Å². The van der Waals surface area contributed by atoms with Crippen molar-refractivity contribution in [2.45, 2.75) is 25.5 Å². The van der Waals surface area contributed by atoms with Crippen molar-refractivity contribution in [2.75, 3.05) is 60.1 Å². The van der Waals surface area contributed by atoms with Crippen LogP contribution in [0.15, 0.2) is 22.5 Å². The first kappa shape index (κ1) is 19.6. The van der Waals surface area contributed by atoms with Gasteiger partial charge in [-0.05, 0) is 24.8 Å². The average molecular weight is 381 g/mol. The van der Waals surface area contributed by atoms with Crippen LogP contribution in [0.5, 0.6) is 0 Å². The number of aliphatic imine (C=N–C) groups is 1. The van der Waals surface area contributed by atoms with Crippen LogP contribution >= 0.6 is 11.3 Å². The van der Waals surface area contributed by atoms with Gasteiger partial charge in [0.25, 0.3) is 0 Å². The minimum Gasteiger partial charge on any atom is -0.381 e. The number of guanidine groups is 1. The first-order valence-corrected chi connectivity index (χ1v) is 10.4. The summed E-state index contributed by atoms with van der Waals surface area (Å²) in [5, 5.41) is 5.76. The van der Waals surface area contributed by atoms with Crippen LogP contribution in [0.2, 0.25) is 0 Å². The number of thiophene rings is 1. The number of morpholine rings is 1. The summed E-state index contributed by atoms with van der Waals surface area (Å²) in [5.41, 5.74) is 0. The summed E-state index contributed by atoms with van der Waals surface area (Å²) in [5.74, 6) is 1.56. The van der Waals surface area contributed by atoms with Gasteiger partial charge in [-0.15, -0.1) is 11.3 Å². The van der Waals surface area contributed by atoms with Gasteiger partial charge in [0.05, 0.1) is 25.4 Å². The number of rotatable bonds is 6. The second kappa shape index (κ2) is 9.69. The zero-order valence-electron chi connectivity index (χ0n) is 16.2. The molecule has 1 N–H and O–H groups in total. The lowest BCUT2D eigenvalue weighted by molar-refractivity contribution is -0.0334. The number of ether oxygens (including phenoxy) is 2. The van der Waals surface area contributed by atoms with Crippen molar-refractivity contribution >= 4 is 17.3 Å². The Kier molecular flexibility index (Phi) is 7.31. The summed E-state index contributed by atoms with van der Waals surface area (Å²) in [6.45, 7) is 8.50. The highest BCUT2D eigenvalue weighted by atomic mass is 32.1. The molecule has 2 fully saturated rings. The highest BCUT2D eigenvalue weighted by Crippen LogP contribution is 2.26. The van der Waals surface area contributed by atoms with E-state index in [9.17, 15) is 0 Å². The molecule has 3 atom stereocenters. The smallest absolute Gasteiger partial charge is 0.193 e. The van der Waals surface area contributed by atoms with E-state index in [-0.39, 0.29) is 6.10 Å². The Hall–Kier alpha value is -1.15. The molecule has 3 unspecified atom stereocenters. The Bertz CT molecular complexity index is 560. The molecule has 3 rings (SSSR count). The third-order valence-corrected chi connectivity index (χ3v) is 6.14. The molecular weight excluding hydrogens is 348 g/mol. The summed E-state index contributed by atoms with van der Waals surface area (Å²) < 4.78 is 11.2. The highest BCUT2D eigenvalue weighted by molar-refractivity contribution is 7.10. The molecule has 26 heavy (non-hydrogen) atoms. The van der Waals surface area contributed by atoms with Gasteiger partial charge in [0, 0.05) is 57.7 Å². The summed E-state index contributed by atoms with van der Waals surface area (Å²) in [6, 6.07) is 4.72. The number of nitrogens with zero attached hydrogens (tertiary/aromatic N) is 3. The van der Waals surface area contributed by atoms with Crippen molar-refractivity contribution in [2.24, 2.45) is 10.9 Å². The van der Waals surface area contributed by atoms with Crippen molar-refractivity contribution in [1.82, 2.24) is 15.1 Å². The van der Waals surface area contributed by atoms with Crippen LogP contribution in [0, 0.1) is 5.92 Å². The summed E-state index contributed by atoms with van der Waals surface area (Å²) >= 11 is 1.83. The largest absolute Gasteiger partial charge is 0.381 e. The molecule has 0 aliphatic carbocycles. The van der Waals surface area contributed by atoms with Gasteiger partial charge in [0.15, 0.2) is 5.96 Å². The molecular formula is C19H32N4O2S. The Labute approximate surface area is 161 Å². The molecule has 1 aromatic rings. The van der Waals surface area contributed by atoms with Crippen LogP contribution in [0.1, 0.15) is 24.3 Å². The molecule has 2 aliphatic rings. The molecule has 0 amide bonds. The van der Waals surface area contributed by atoms with Crippen LogP contribution in [-0.2, 0) is 9.47 Å². The molecule has 0 saturated carbocycles. The molecule has 6 nitrogen and oxygen atoms in total. The number of nitrogens with one attached hydrogen (secondary N) is 1. The van der Waals surface area contributed by atoms with E-state index in [1.807, 2.05) is 18.4 Å². The highest BCUT2D eigenvalue weighted by Gasteiger charge is 2.27. The van der Waals surface area contributed by atoms with Crippen molar-refractivity contribution < 1.29 is 9.47 Å². The van der Waals surface area contributed by atoms with Crippen LogP contribution in [0.25, 0.3) is 0 Å². The molecule has 2 aliphatic heterocycles. The maximum Gasteiger partial charge on any atom is 0.193 e. The van der Waals surface area contributed by atoms with E-state index >= 15 is 0 Å². The lowest BCUT2D eigenvalue weighted by Gasteiger charge is -2.37. The minimum absolute atomic E-state index is 0.288. The fourth-order valence-electron chi connectivity index (χ4n) is 3.79. The quantitative estimate of drug-likeness (QED) is 0.605. The van der Waals surface area contributed by atoms with E-state index in [1.54, 1.807) is 0 Å². The van der Waals surface area contributed by atoms with Crippen molar-refractivity contribution in [3.05, 3.63) is 22.4 Å². The molecule has 0 bridgehead atoms. The van der Waals surface area contributed by atoms with Gasteiger partial charge in [-0.1, -0.05) is 6.07 Å². The molecule has 2 saturated heterocycles. The molecule has 3 heterocycles. The monoisotopic (exact) mass is 380 g/mol.